The Labute approximate surface area is 125 Å². The van der Waals surface area contributed by atoms with Crippen LogP contribution in [0.3, 0.4) is 0 Å². The minimum Gasteiger partial charge on any atom is -0.269 e. The smallest absolute Gasteiger partial charge is 0 e. The molecule has 0 nitrogen and oxygen atoms in total. The molecule has 1 heteroatoms. The summed E-state index contributed by atoms with van der Waals surface area (Å²) in [5.74, 6) is 1.32. The molecule has 0 fully saturated rings. The van der Waals surface area contributed by atoms with Gasteiger partial charge in [-0.25, -0.2) is 23.3 Å². The van der Waals surface area contributed by atoms with E-state index in [4.69, 9.17) is 0 Å². The van der Waals surface area contributed by atoms with Crippen LogP contribution in [0.5, 0.6) is 0 Å². The summed E-state index contributed by atoms with van der Waals surface area (Å²) >= 11 is 0. The fourth-order valence-electron chi connectivity index (χ4n) is 1.64. The number of allylic oxidation sites excluding steroid dienone is 8. The molecule has 92 valence electrons. The van der Waals surface area contributed by atoms with E-state index in [0.29, 0.717) is 11.8 Å². The van der Waals surface area contributed by atoms with Crippen molar-refractivity contribution in [1.82, 2.24) is 0 Å². The van der Waals surface area contributed by atoms with Gasteiger partial charge in [0.2, 0.25) is 0 Å². The molecule has 0 heterocycles. The molecular weight excluding hydrogens is 371 g/mol. The minimum absolute atomic E-state index is 0. The molecule has 0 aromatic rings. The van der Waals surface area contributed by atoms with E-state index in [1.54, 1.807) is 0 Å². The van der Waals surface area contributed by atoms with Crippen LogP contribution in [0, 0.1) is 24.0 Å². The summed E-state index contributed by atoms with van der Waals surface area (Å²) in [6, 6.07) is 0. The molecule has 0 unspecified atom stereocenters. The van der Waals surface area contributed by atoms with Crippen LogP contribution in [0.25, 0.3) is 0 Å². The fraction of sp³-hybridized carbons (Fsp3) is 0.500. The normalized spacial score (nSPS) is 16.6. The zero-order chi connectivity index (χ0) is 12.0. The molecule has 0 N–H and O–H groups in total. The van der Waals surface area contributed by atoms with Crippen molar-refractivity contribution < 1.29 is 25.8 Å². The Balaban J connectivity index is 0.000000284. The zero-order valence-corrected chi connectivity index (χ0v) is 15.0. The first-order chi connectivity index (χ1) is 7.61. The molecular formula is C16H22Hf-2. The SMILES string of the molecule is CC(C)C1=[C-]CC=C1.CC(C)C1=[C-]CC=C1.[Hf]. The third-order valence-electron chi connectivity index (χ3n) is 2.69. The van der Waals surface area contributed by atoms with Gasteiger partial charge < -0.3 is 0 Å². The van der Waals surface area contributed by atoms with Crippen LogP contribution in [0.4, 0.5) is 0 Å². The van der Waals surface area contributed by atoms with Crippen molar-refractivity contribution in [3.63, 3.8) is 0 Å². The molecule has 0 saturated heterocycles. The van der Waals surface area contributed by atoms with Crippen LogP contribution in [0.2, 0.25) is 0 Å². The van der Waals surface area contributed by atoms with Gasteiger partial charge in [0.05, 0.1) is 0 Å². The maximum Gasteiger partial charge on any atom is 0 e. The van der Waals surface area contributed by atoms with Crippen molar-refractivity contribution in [1.29, 1.82) is 0 Å². The first kappa shape index (κ1) is 16.8. The van der Waals surface area contributed by atoms with Gasteiger partial charge in [-0.3, -0.25) is 12.2 Å². The maximum absolute atomic E-state index is 3.26. The van der Waals surface area contributed by atoms with Crippen molar-refractivity contribution in [2.75, 3.05) is 0 Å². The summed E-state index contributed by atoms with van der Waals surface area (Å²) in [5.41, 5.74) is 2.73. The maximum atomic E-state index is 3.26. The van der Waals surface area contributed by atoms with Crippen LogP contribution in [0.1, 0.15) is 40.5 Å². The van der Waals surface area contributed by atoms with Crippen LogP contribution in [-0.4, -0.2) is 0 Å². The topological polar surface area (TPSA) is 0 Å². The standard InChI is InChI=1S/2C8H11.Hf/c2*1-7(2)8-5-3-4-6-8;/h2*3,5,7H,4H2,1-2H3;/q2*-1;. The average molecular weight is 393 g/mol. The summed E-state index contributed by atoms with van der Waals surface area (Å²) < 4.78 is 0. The summed E-state index contributed by atoms with van der Waals surface area (Å²) in [6.07, 6.45) is 17.2. The van der Waals surface area contributed by atoms with Gasteiger partial charge in [-0.05, 0) is 0 Å². The molecule has 0 aromatic carbocycles. The van der Waals surface area contributed by atoms with Crippen LogP contribution < -0.4 is 0 Å². The van der Waals surface area contributed by atoms with E-state index in [1.807, 2.05) is 0 Å². The Bertz CT molecular complexity index is 293. The second-order valence-electron chi connectivity index (χ2n) is 4.79. The Morgan fingerprint density at radius 2 is 1.18 bits per heavy atom. The first-order valence-electron chi connectivity index (χ1n) is 6.15. The van der Waals surface area contributed by atoms with E-state index in [0.717, 1.165) is 12.8 Å². The molecule has 0 radical (unpaired) electrons. The molecule has 2 aliphatic rings. The zero-order valence-electron chi connectivity index (χ0n) is 11.4. The van der Waals surface area contributed by atoms with Crippen molar-refractivity contribution in [3.8, 4) is 0 Å². The van der Waals surface area contributed by atoms with Gasteiger partial charge in [0.15, 0.2) is 0 Å². The van der Waals surface area contributed by atoms with E-state index < -0.39 is 0 Å². The largest absolute Gasteiger partial charge is 0.269 e. The van der Waals surface area contributed by atoms with Gasteiger partial charge >= 0.3 is 0 Å². The van der Waals surface area contributed by atoms with E-state index in [-0.39, 0.29) is 25.8 Å². The van der Waals surface area contributed by atoms with Gasteiger partial charge in [-0.15, -0.1) is 12.8 Å². The van der Waals surface area contributed by atoms with Crippen molar-refractivity contribution in [2.24, 2.45) is 11.8 Å². The second-order valence-corrected chi connectivity index (χ2v) is 4.79. The molecule has 0 aromatic heterocycles. The quantitative estimate of drug-likeness (QED) is 0.473. The molecule has 0 saturated carbocycles. The molecule has 0 bridgehead atoms. The predicted molar refractivity (Wildman–Crippen MR) is 70.7 cm³/mol. The van der Waals surface area contributed by atoms with E-state index in [9.17, 15) is 0 Å². The van der Waals surface area contributed by atoms with E-state index in [1.165, 1.54) is 11.1 Å². The van der Waals surface area contributed by atoms with Crippen molar-refractivity contribution >= 4 is 0 Å². The second kappa shape index (κ2) is 8.85. The van der Waals surface area contributed by atoms with E-state index >= 15 is 0 Å². The van der Waals surface area contributed by atoms with Gasteiger partial charge in [0.25, 0.3) is 0 Å². The number of hydrogen-bond acceptors (Lipinski definition) is 0. The molecule has 0 atom stereocenters. The van der Waals surface area contributed by atoms with Gasteiger partial charge in [0, 0.05) is 25.8 Å². The molecule has 0 amide bonds. The summed E-state index contributed by atoms with van der Waals surface area (Å²) in [4.78, 5) is 0. The molecule has 0 aliphatic heterocycles. The first-order valence-corrected chi connectivity index (χ1v) is 6.15. The summed E-state index contributed by atoms with van der Waals surface area (Å²) in [7, 11) is 0. The van der Waals surface area contributed by atoms with E-state index in [2.05, 4.69) is 64.2 Å². The summed E-state index contributed by atoms with van der Waals surface area (Å²) in [6.45, 7) is 8.77. The molecule has 17 heavy (non-hydrogen) atoms. The van der Waals surface area contributed by atoms with Crippen molar-refractivity contribution in [2.45, 2.75) is 40.5 Å². The molecule has 2 aliphatic carbocycles. The van der Waals surface area contributed by atoms with Crippen LogP contribution >= 0.6 is 0 Å². The van der Waals surface area contributed by atoms with Gasteiger partial charge in [-0.2, -0.15) is 12.2 Å². The van der Waals surface area contributed by atoms with Crippen LogP contribution in [-0.2, 0) is 25.8 Å². The minimum atomic E-state index is 0. The Morgan fingerprint density at radius 1 is 0.824 bits per heavy atom. The molecule has 0 spiro atoms. The molecule has 2 rings (SSSR count). The Kier molecular flexibility index (Phi) is 8.77. The van der Waals surface area contributed by atoms with Gasteiger partial charge in [0.1, 0.15) is 0 Å². The number of hydrogen-bond donors (Lipinski definition) is 0. The summed E-state index contributed by atoms with van der Waals surface area (Å²) in [5, 5.41) is 0. The Morgan fingerprint density at radius 3 is 1.29 bits per heavy atom. The average Bonchev–Trinajstić information content (AvgIpc) is 2.93. The van der Waals surface area contributed by atoms with Crippen LogP contribution in [0.15, 0.2) is 35.5 Å². The monoisotopic (exact) mass is 394 g/mol. The van der Waals surface area contributed by atoms with Crippen molar-refractivity contribution in [3.05, 3.63) is 47.6 Å². The number of rotatable bonds is 2. The fourth-order valence-corrected chi connectivity index (χ4v) is 1.64. The van der Waals surface area contributed by atoms with Gasteiger partial charge in [-0.1, -0.05) is 39.5 Å². The third kappa shape index (κ3) is 6.35. The Hall–Kier alpha value is -0.170. The predicted octanol–water partition coefficient (Wildman–Crippen LogP) is 4.66. The third-order valence-corrected chi connectivity index (χ3v) is 2.69.